The zero-order valence-corrected chi connectivity index (χ0v) is 16.0. The molecular formula is C23H30N2O. The van der Waals surface area contributed by atoms with Crippen LogP contribution in [-0.4, -0.2) is 42.9 Å². The molecule has 1 saturated carbocycles. The molecule has 0 saturated heterocycles. The minimum Gasteiger partial charge on any atom is -0.334 e. The van der Waals surface area contributed by atoms with E-state index in [0.29, 0.717) is 6.54 Å². The first-order valence-corrected chi connectivity index (χ1v) is 9.69. The van der Waals surface area contributed by atoms with Crippen molar-refractivity contribution in [1.29, 1.82) is 0 Å². The lowest BCUT2D eigenvalue weighted by molar-refractivity contribution is -0.132. The van der Waals surface area contributed by atoms with Gasteiger partial charge in [0.25, 0.3) is 0 Å². The maximum Gasteiger partial charge on any atom is 0.237 e. The van der Waals surface area contributed by atoms with Crippen LogP contribution in [0.3, 0.4) is 0 Å². The number of benzene rings is 2. The third kappa shape index (κ3) is 4.73. The lowest BCUT2D eigenvalue weighted by Gasteiger charge is -2.31. The number of likely N-dealkylation sites (N-methyl/N-ethyl adjacent to an activating group) is 2. The van der Waals surface area contributed by atoms with Gasteiger partial charge in [-0.2, -0.15) is 0 Å². The van der Waals surface area contributed by atoms with Crippen LogP contribution in [0, 0.1) is 5.92 Å². The number of hydrogen-bond donors (Lipinski definition) is 0. The summed E-state index contributed by atoms with van der Waals surface area (Å²) in [5, 5.41) is 0. The molecule has 1 amide bonds. The van der Waals surface area contributed by atoms with Crippen molar-refractivity contribution in [2.75, 3.05) is 27.2 Å². The van der Waals surface area contributed by atoms with E-state index < -0.39 is 0 Å². The molecule has 0 radical (unpaired) electrons. The molecule has 0 aliphatic heterocycles. The predicted molar refractivity (Wildman–Crippen MR) is 107 cm³/mol. The number of rotatable bonds is 7. The Bertz CT molecular complexity index is 640. The Kier molecular flexibility index (Phi) is 6.45. The summed E-state index contributed by atoms with van der Waals surface area (Å²) >= 11 is 0. The second-order valence-corrected chi connectivity index (χ2v) is 7.58. The van der Waals surface area contributed by atoms with E-state index in [2.05, 4.69) is 36.2 Å². The quantitative estimate of drug-likeness (QED) is 0.741. The fourth-order valence-electron chi connectivity index (χ4n) is 4.10. The second kappa shape index (κ2) is 9.00. The van der Waals surface area contributed by atoms with E-state index in [1.54, 1.807) is 0 Å². The van der Waals surface area contributed by atoms with Crippen LogP contribution in [0.5, 0.6) is 0 Å². The number of amides is 1. The number of carbonyl (C=O) groups is 1. The molecule has 0 atom stereocenters. The first-order chi connectivity index (χ1) is 12.6. The van der Waals surface area contributed by atoms with Gasteiger partial charge in [0.05, 0.1) is 12.6 Å². The van der Waals surface area contributed by atoms with Crippen LogP contribution < -0.4 is 0 Å². The summed E-state index contributed by atoms with van der Waals surface area (Å²) in [6, 6.07) is 20.5. The smallest absolute Gasteiger partial charge is 0.237 e. The largest absolute Gasteiger partial charge is 0.334 e. The molecule has 1 aliphatic rings. The molecule has 0 spiro atoms. The highest BCUT2D eigenvalue weighted by atomic mass is 16.2. The molecule has 0 heterocycles. The number of nitrogens with zero attached hydrogens (tertiary/aromatic N) is 2. The molecule has 3 rings (SSSR count). The van der Waals surface area contributed by atoms with Crippen molar-refractivity contribution in [3.05, 3.63) is 71.8 Å². The van der Waals surface area contributed by atoms with Crippen LogP contribution in [-0.2, 0) is 4.79 Å². The van der Waals surface area contributed by atoms with Crippen molar-refractivity contribution < 1.29 is 4.79 Å². The van der Waals surface area contributed by atoms with Crippen LogP contribution in [0.1, 0.15) is 42.9 Å². The van der Waals surface area contributed by atoms with Crippen LogP contribution in [0.15, 0.2) is 60.7 Å². The molecule has 2 aromatic carbocycles. The molecule has 2 aromatic rings. The third-order valence-corrected chi connectivity index (χ3v) is 5.46. The Morgan fingerprint density at radius 3 is 1.92 bits per heavy atom. The molecule has 0 N–H and O–H groups in total. The number of hydrogen-bond acceptors (Lipinski definition) is 2. The zero-order valence-electron chi connectivity index (χ0n) is 16.0. The predicted octanol–water partition coefficient (Wildman–Crippen LogP) is 4.36. The van der Waals surface area contributed by atoms with Gasteiger partial charge in [-0.15, -0.1) is 0 Å². The zero-order chi connectivity index (χ0) is 18.4. The van der Waals surface area contributed by atoms with Gasteiger partial charge >= 0.3 is 0 Å². The molecule has 26 heavy (non-hydrogen) atoms. The Morgan fingerprint density at radius 2 is 1.42 bits per heavy atom. The summed E-state index contributed by atoms with van der Waals surface area (Å²) in [6.07, 6.45) is 5.31. The highest BCUT2D eigenvalue weighted by Gasteiger charge is 2.25. The topological polar surface area (TPSA) is 23.6 Å². The first kappa shape index (κ1) is 18.7. The maximum atomic E-state index is 13.0. The van der Waals surface area contributed by atoms with Gasteiger partial charge < -0.3 is 4.90 Å². The molecule has 1 fully saturated rings. The highest BCUT2D eigenvalue weighted by Crippen LogP contribution is 2.28. The normalized spacial score (nSPS) is 14.9. The van der Waals surface area contributed by atoms with Gasteiger partial charge in [0.15, 0.2) is 0 Å². The lowest BCUT2D eigenvalue weighted by atomic mass is 9.97. The van der Waals surface area contributed by atoms with Crippen molar-refractivity contribution in [3.63, 3.8) is 0 Å². The monoisotopic (exact) mass is 350 g/mol. The van der Waals surface area contributed by atoms with Gasteiger partial charge in [0.2, 0.25) is 5.91 Å². The van der Waals surface area contributed by atoms with E-state index in [0.717, 1.165) is 23.6 Å². The van der Waals surface area contributed by atoms with E-state index in [1.165, 1.54) is 25.7 Å². The summed E-state index contributed by atoms with van der Waals surface area (Å²) in [6.45, 7) is 1.50. The van der Waals surface area contributed by atoms with Crippen LogP contribution >= 0.6 is 0 Å². The standard InChI is InChI=1S/C23H30N2O/c1-24(17-19-11-9-10-12-19)18-22(26)25(2)23(20-13-5-3-6-14-20)21-15-7-4-8-16-21/h3-8,13-16,19,23H,9-12,17-18H2,1-2H3. The van der Waals surface area contributed by atoms with Gasteiger partial charge in [-0.05, 0) is 36.9 Å². The highest BCUT2D eigenvalue weighted by molar-refractivity contribution is 5.79. The minimum atomic E-state index is -0.0511. The number of carbonyl (C=O) groups excluding carboxylic acids is 1. The Labute approximate surface area is 157 Å². The summed E-state index contributed by atoms with van der Waals surface area (Å²) in [7, 11) is 4.00. The van der Waals surface area contributed by atoms with Crippen molar-refractivity contribution >= 4 is 5.91 Å². The molecule has 0 bridgehead atoms. The SMILES string of the molecule is CN(CC(=O)N(C)C(c1ccccc1)c1ccccc1)CC1CCCC1. The van der Waals surface area contributed by atoms with Gasteiger partial charge in [-0.25, -0.2) is 0 Å². The fourth-order valence-corrected chi connectivity index (χ4v) is 4.10. The van der Waals surface area contributed by atoms with E-state index in [4.69, 9.17) is 0 Å². The van der Waals surface area contributed by atoms with E-state index >= 15 is 0 Å². The van der Waals surface area contributed by atoms with Crippen LogP contribution in [0.4, 0.5) is 0 Å². The van der Waals surface area contributed by atoms with Crippen LogP contribution in [0.2, 0.25) is 0 Å². The Hall–Kier alpha value is -2.13. The van der Waals surface area contributed by atoms with E-state index in [9.17, 15) is 4.79 Å². The lowest BCUT2D eigenvalue weighted by Crippen LogP contribution is -2.40. The van der Waals surface area contributed by atoms with Gasteiger partial charge in [-0.3, -0.25) is 9.69 Å². The Balaban J connectivity index is 1.72. The third-order valence-electron chi connectivity index (χ3n) is 5.46. The Morgan fingerprint density at radius 1 is 0.923 bits per heavy atom. The molecule has 1 aliphatic carbocycles. The fraction of sp³-hybridized carbons (Fsp3) is 0.435. The van der Waals surface area contributed by atoms with Crippen molar-refractivity contribution in [2.24, 2.45) is 5.92 Å². The summed E-state index contributed by atoms with van der Waals surface area (Å²) in [5.41, 5.74) is 2.29. The molecule has 3 nitrogen and oxygen atoms in total. The first-order valence-electron chi connectivity index (χ1n) is 9.69. The summed E-state index contributed by atoms with van der Waals surface area (Å²) < 4.78 is 0. The molecular weight excluding hydrogens is 320 g/mol. The molecule has 3 heteroatoms. The van der Waals surface area contributed by atoms with E-state index in [-0.39, 0.29) is 11.9 Å². The van der Waals surface area contributed by atoms with Crippen molar-refractivity contribution in [3.8, 4) is 0 Å². The summed E-state index contributed by atoms with van der Waals surface area (Å²) in [4.78, 5) is 17.1. The minimum absolute atomic E-state index is 0.0511. The van der Waals surface area contributed by atoms with Gasteiger partial charge in [0.1, 0.15) is 0 Å². The maximum absolute atomic E-state index is 13.0. The van der Waals surface area contributed by atoms with Crippen molar-refractivity contribution in [2.45, 2.75) is 31.7 Å². The second-order valence-electron chi connectivity index (χ2n) is 7.58. The molecule has 0 unspecified atom stereocenters. The van der Waals surface area contributed by atoms with Gasteiger partial charge in [0, 0.05) is 13.6 Å². The summed E-state index contributed by atoms with van der Waals surface area (Å²) in [5.74, 6) is 0.931. The van der Waals surface area contributed by atoms with Crippen LogP contribution in [0.25, 0.3) is 0 Å². The average molecular weight is 351 g/mol. The van der Waals surface area contributed by atoms with Gasteiger partial charge in [-0.1, -0.05) is 73.5 Å². The van der Waals surface area contributed by atoms with E-state index in [1.807, 2.05) is 48.3 Å². The van der Waals surface area contributed by atoms with Crippen molar-refractivity contribution in [1.82, 2.24) is 9.80 Å². The molecule has 138 valence electrons. The average Bonchev–Trinajstić information content (AvgIpc) is 3.16. The molecule has 0 aromatic heterocycles.